The van der Waals surface area contributed by atoms with Crippen molar-refractivity contribution in [3.05, 3.63) is 23.0 Å². The molecule has 0 aliphatic carbocycles. The van der Waals surface area contributed by atoms with Gasteiger partial charge >= 0.3 is 0 Å². The number of nitrogens with one attached hydrogen (secondary N) is 2. The second kappa shape index (κ2) is 5.38. The molecule has 0 bridgehead atoms. The zero-order chi connectivity index (χ0) is 14.1. The van der Waals surface area contributed by atoms with E-state index in [0.717, 1.165) is 42.3 Å². The van der Waals surface area contributed by atoms with Gasteiger partial charge in [0.15, 0.2) is 5.13 Å². The number of nitrogens with zero attached hydrogens (tertiary/aromatic N) is 1. The minimum absolute atomic E-state index is 0.0518. The summed E-state index contributed by atoms with van der Waals surface area (Å²) >= 11 is 1.44. The van der Waals surface area contributed by atoms with Crippen LogP contribution in [0.25, 0.3) is 11.3 Å². The first-order chi connectivity index (χ1) is 9.63. The Hall–Kier alpha value is -1.66. The van der Waals surface area contributed by atoms with Gasteiger partial charge in [0.05, 0.1) is 11.6 Å². The van der Waals surface area contributed by atoms with E-state index in [1.54, 1.807) is 0 Å². The van der Waals surface area contributed by atoms with Crippen molar-refractivity contribution in [3.63, 3.8) is 0 Å². The van der Waals surface area contributed by atoms with Gasteiger partial charge in [-0.3, -0.25) is 4.79 Å². The highest BCUT2D eigenvalue weighted by molar-refractivity contribution is 7.14. The summed E-state index contributed by atoms with van der Waals surface area (Å²) in [6, 6.07) is 1.97. The quantitative estimate of drug-likeness (QED) is 0.912. The molecule has 3 rings (SSSR count). The molecular weight excluding hydrogens is 274 g/mol. The number of hydrogen-bond donors (Lipinski definition) is 2. The molecule has 1 atom stereocenters. The third kappa shape index (κ3) is 2.62. The highest BCUT2D eigenvalue weighted by Gasteiger charge is 2.23. The van der Waals surface area contributed by atoms with Crippen LogP contribution in [-0.4, -0.2) is 24.0 Å². The van der Waals surface area contributed by atoms with Crippen molar-refractivity contribution >= 4 is 22.4 Å². The van der Waals surface area contributed by atoms with Crippen LogP contribution >= 0.6 is 11.3 Å². The van der Waals surface area contributed by atoms with E-state index in [4.69, 9.17) is 4.42 Å². The summed E-state index contributed by atoms with van der Waals surface area (Å²) in [4.78, 5) is 16.5. The van der Waals surface area contributed by atoms with Crippen molar-refractivity contribution in [3.8, 4) is 11.3 Å². The zero-order valence-electron chi connectivity index (χ0n) is 11.5. The maximum Gasteiger partial charge on any atom is 0.230 e. The van der Waals surface area contributed by atoms with E-state index in [0.29, 0.717) is 5.13 Å². The maximum absolute atomic E-state index is 12.0. The summed E-state index contributed by atoms with van der Waals surface area (Å²) < 4.78 is 5.51. The van der Waals surface area contributed by atoms with Gasteiger partial charge in [0.2, 0.25) is 5.91 Å². The molecule has 0 spiro atoms. The Bertz CT molecular complexity index is 626. The Morgan fingerprint density at radius 3 is 3.05 bits per heavy atom. The van der Waals surface area contributed by atoms with Crippen molar-refractivity contribution in [1.82, 2.24) is 10.3 Å². The second-order valence-corrected chi connectivity index (χ2v) is 5.90. The maximum atomic E-state index is 12.0. The Morgan fingerprint density at radius 1 is 1.55 bits per heavy atom. The van der Waals surface area contributed by atoms with Gasteiger partial charge in [0.25, 0.3) is 0 Å². The first kappa shape index (κ1) is 13.3. The van der Waals surface area contributed by atoms with Gasteiger partial charge in [-0.25, -0.2) is 4.98 Å². The molecule has 1 aliphatic heterocycles. The fraction of sp³-hybridized carbons (Fsp3) is 0.429. The Kier molecular flexibility index (Phi) is 3.58. The SMILES string of the molecule is Cc1cc(-c2csc(NC(=O)C3CCNC3)n2)c(C)o1. The molecule has 0 radical (unpaired) electrons. The Balaban J connectivity index is 1.73. The zero-order valence-corrected chi connectivity index (χ0v) is 12.3. The van der Waals surface area contributed by atoms with E-state index in [2.05, 4.69) is 15.6 Å². The number of aromatic nitrogens is 1. The number of carbonyl (C=O) groups is 1. The van der Waals surface area contributed by atoms with Crippen LogP contribution in [0.4, 0.5) is 5.13 Å². The number of hydrogen-bond acceptors (Lipinski definition) is 5. The predicted molar refractivity (Wildman–Crippen MR) is 78.9 cm³/mol. The van der Waals surface area contributed by atoms with Crippen LogP contribution < -0.4 is 10.6 Å². The average molecular weight is 291 g/mol. The second-order valence-electron chi connectivity index (χ2n) is 5.04. The van der Waals surface area contributed by atoms with E-state index in [1.807, 2.05) is 25.3 Å². The van der Waals surface area contributed by atoms with Crippen LogP contribution in [0.5, 0.6) is 0 Å². The minimum atomic E-state index is 0.0518. The molecule has 2 N–H and O–H groups in total. The van der Waals surface area contributed by atoms with E-state index in [9.17, 15) is 4.79 Å². The first-order valence-corrected chi connectivity index (χ1v) is 7.56. The summed E-state index contributed by atoms with van der Waals surface area (Å²) in [5.41, 5.74) is 1.84. The fourth-order valence-electron chi connectivity index (χ4n) is 2.43. The lowest BCUT2D eigenvalue weighted by Gasteiger charge is -2.06. The largest absolute Gasteiger partial charge is 0.466 e. The normalized spacial score (nSPS) is 18.4. The summed E-state index contributed by atoms with van der Waals surface area (Å²) in [6.07, 6.45) is 0.893. The molecule has 0 saturated carbocycles. The summed E-state index contributed by atoms with van der Waals surface area (Å²) in [7, 11) is 0. The molecule has 3 heterocycles. The molecule has 2 aromatic heterocycles. The van der Waals surface area contributed by atoms with Gasteiger partial charge in [-0.1, -0.05) is 0 Å². The van der Waals surface area contributed by atoms with Gasteiger partial charge in [0, 0.05) is 17.5 Å². The van der Waals surface area contributed by atoms with Gasteiger partial charge in [0.1, 0.15) is 11.5 Å². The number of aryl methyl sites for hydroxylation is 2. The van der Waals surface area contributed by atoms with Gasteiger partial charge in [-0.05, 0) is 32.9 Å². The van der Waals surface area contributed by atoms with Crippen molar-refractivity contribution in [2.24, 2.45) is 5.92 Å². The number of anilines is 1. The molecule has 1 unspecified atom stereocenters. The molecule has 6 heteroatoms. The van der Waals surface area contributed by atoms with Crippen molar-refractivity contribution in [2.75, 3.05) is 18.4 Å². The molecule has 0 aromatic carbocycles. The molecule has 2 aromatic rings. The Labute approximate surface area is 121 Å². The highest BCUT2D eigenvalue weighted by Crippen LogP contribution is 2.29. The topological polar surface area (TPSA) is 67.2 Å². The molecule has 1 fully saturated rings. The number of furan rings is 1. The van der Waals surface area contributed by atoms with Crippen LogP contribution in [0, 0.1) is 19.8 Å². The molecule has 20 heavy (non-hydrogen) atoms. The minimum Gasteiger partial charge on any atom is -0.466 e. The molecule has 5 nitrogen and oxygen atoms in total. The van der Waals surface area contributed by atoms with E-state index >= 15 is 0 Å². The highest BCUT2D eigenvalue weighted by atomic mass is 32.1. The molecule has 1 saturated heterocycles. The molecular formula is C14H17N3O2S. The van der Waals surface area contributed by atoms with Crippen LogP contribution in [0.2, 0.25) is 0 Å². The number of amides is 1. The fourth-order valence-corrected chi connectivity index (χ4v) is 3.14. The van der Waals surface area contributed by atoms with Gasteiger partial charge in [-0.15, -0.1) is 11.3 Å². The van der Waals surface area contributed by atoms with Crippen molar-refractivity contribution < 1.29 is 9.21 Å². The average Bonchev–Trinajstić information content (AvgIpc) is 3.10. The summed E-state index contributed by atoms with van der Waals surface area (Å²) in [6.45, 7) is 5.50. The standard InChI is InChI=1S/C14H17N3O2S/c1-8-5-11(9(2)19-8)12-7-20-14(16-12)17-13(18)10-3-4-15-6-10/h5,7,10,15H,3-4,6H2,1-2H3,(H,16,17,18). The summed E-state index contributed by atoms with van der Waals surface area (Å²) in [5, 5.41) is 8.68. The van der Waals surface area contributed by atoms with Gasteiger partial charge in [-0.2, -0.15) is 0 Å². The van der Waals surface area contributed by atoms with E-state index in [-0.39, 0.29) is 11.8 Å². The lowest BCUT2D eigenvalue weighted by molar-refractivity contribution is -0.119. The number of thiazole rings is 1. The van der Waals surface area contributed by atoms with Crippen LogP contribution in [0.1, 0.15) is 17.9 Å². The Morgan fingerprint density at radius 2 is 2.40 bits per heavy atom. The third-order valence-corrected chi connectivity index (χ3v) is 4.24. The summed E-state index contributed by atoms with van der Waals surface area (Å²) in [5.74, 6) is 1.83. The number of carbonyl (C=O) groups excluding carboxylic acids is 1. The first-order valence-electron chi connectivity index (χ1n) is 6.68. The van der Waals surface area contributed by atoms with E-state index in [1.165, 1.54) is 11.3 Å². The lowest BCUT2D eigenvalue weighted by atomic mass is 10.1. The van der Waals surface area contributed by atoms with Gasteiger partial charge < -0.3 is 15.1 Å². The number of rotatable bonds is 3. The van der Waals surface area contributed by atoms with Crippen LogP contribution in [0.15, 0.2) is 15.9 Å². The molecule has 106 valence electrons. The molecule has 1 amide bonds. The predicted octanol–water partition coefficient (Wildman–Crippen LogP) is 2.57. The van der Waals surface area contributed by atoms with Crippen molar-refractivity contribution in [1.29, 1.82) is 0 Å². The van der Waals surface area contributed by atoms with Crippen LogP contribution in [0.3, 0.4) is 0 Å². The third-order valence-electron chi connectivity index (χ3n) is 3.48. The monoisotopic (exact) mass is 291 g/mol. The van der Waals surface area contributed by atoms with Crippen molar-refractivity contribution in [2.45, 2.75) is 20.3 Å². The molecule has 1 aliphatic rings. The van der Waals surface area contributed by atoms with Crippen LogP contribution in [-0.2, 0) is 4.79 Å². The smallest absolute Gasteiger partial charge is 0.230 e. The lowest BCUT2D eigenvalue weighted by Crippen LogP contribution is -2.24. The van der Waals surface area contributed by atoms with E-state index < -0.39 is 0 Å².